The van der Waals surface area contributed by atoms with E-state index in [9.17, 15) is 4.79 Å². The van der Waals surface area contributed by atoms with Gasteiger partial charge in [-0.15, -0.1) is 5.10 Å². The summed E-state index contributed by atoms with van der Waals surface area (Å²) in [4.78, 5) is 18.7. The van der Waals surface area contributed by atoms with Crippen molar-refractivity contribution in [3.8, 4) is 39.8 Å². The molecule has 0 radical (unpaired) electrons. The summed E-state index contributed by atoms with van der Waals surface area (Å²) >= 11 is 1.30. The maximum atomic E-state index is 13.5. The lowest BCUT2D eigenvalue weighted by molar-refractivity contribution is 0.309. The van der Waals surface area contributed by atoms with E-state index in [1.54, 1.807) is 6.08 Å². The van der Waals surface area contributed by atoms with E-state index in [4.69, 9.17) is 14.6 Å². The van der Waals surface area contributed by atoms with Gasteiger partial charge in [-0.05, 0) is 79.6 Å². The Kier molecular flexibility index (Phi) is 8.15. The van der Waals surface area contributed by atoms with E-state index >= 15 is 0 Å². The van der Waals surface area contributed by atoms with Crippen LogP contribution in [0.4, 0.5) is 0 Å². The molecular weight excluding hydrogens is 558 g/mol. The van der Waals surface area contributed by atoms with E-state index in [1.165, 1.54) is 15.9 Å². The maximum absolute atomic E-state index is 13.5. The molecule has 3 aromatic carbocycles. The van der Waals surface area contributed by atoms with Crippen LogP contribution < -0.4 is 19.6 Å². The summed E-state index contributed by atoms with van der Waals surface area (Å²) in [6.07, 6.45) is 7.62. The first-order valence-corrected chi connectivity index (χ1v) is 15.0. The van der Waals surface area contributed by atoms with Crippen molar-refractivity contribution in [2.45, 2.75) is 26.7 Å². The molecular formula is C34H31N5O3S. The van der Waals surface area contributed by atoms with Crippen LogP contribution in [0.5, 0.6) is 11.5 Å². The molecule has 0 unspecified atom stereocenters. The second-order valence-electron chi connectivity index (χ2n) is 10.1. The minimum Gasteiger partial charge on any atom is -0.494 e. The average Bonchev–Trinajstić information content (AvgIpc) is 3.72. The molecule has 0 saturated heterocycles. The molecule has 6 aromatic rings. The van der Waals surface area contributed by atoms with Gasteiger partial charge in [-0.1, -0.05) is 55.5 Å². The van der Waals surface area contributed by atoms with Gasteiger partial charge in [0.2, 0.25) is 4.96 Å². The Bertz CT molecular complexity index is 1990. The molecule has 43 heavy (non-hydrogen) atoms. The predicted molar refractivity (Wildman–Crippen MR) is 171 cm³/mol. The summed E-state index contributed by atoms with van der Waals surface area (Å²) < 4.78 is 15.3. The highest BCUT2D eigenvalue weighted by atomic mass is 32.1. The van der Waals surface area contributed by atoms with Crippen molar-refractivity contribution in [2.24, 2.45) is 0 Å². The smallest absolute Gasteiger partial charge is 0.291 e. The molecule has 0 saturated carbocycles. The van der Waals surface area contributed by atoms with Crippen LogP contribution >= 0.6 is 11.3 Å². The third kappa shape index (κ3) is 5.98. The first-order chi connectivity index (χ1) is 21.0. The highest BCUT2D eigenvalue weighted by Crippen LogP contribution is 2.29. The fourth-order valence-corrected chi connectivity index (χ4v) is 5.57. The van der Waals surface area contributed by atoms with Crippen LogP contribution in [0, 0.1) is 6.92 Å². The van der Waals surface area contributed by atoms with Gasteiger partial charge < -0.3 is 9.47 Å². The highest BCUT2D eigenvalue weighted by Gasteiger charge is 2.16. The molecule has 3 heterocycles. The molecule has 0 bridgehead atoms. The van der Waals surface area contributed by atoms with E-state index in [0.717, 1.165) is 58.0 Å². The van der Waals surface area contributed by atoms with Crippen LogP contribution in [-0.2, 0) is 0 Å². The molecule has 0 atom stereocenters. The molecule has 6 rings (SSSR count). The molecule has 0 amide bonds. The monoisotopic (exact) mass is 589 g/mol. The van der Waals surface area contributed by atoms with Gasteiger partial charge in [0.15, 0.2) is 5.82 Å². The Morgan fingerprint density at radius 3 is 2.49 bits per heavy atom. The van der Waals surface area contributed by atoms with Gasteiger partial charge in [0.05, 0.1) is 16.8 Å². The molecule has 0 aliphatic carbocycles. The molecule has 0 N–H and O–H groups in total. The van der Waals surface area contributed by atoms with Gasteiger partial charge in [0.25, 0.3) is 5.56 Å². The molecule has 0 spiro atoms. The molecule has 216 valence electrons. The molecule has 0 aliphatic heterocycles. The Hall–Kier alpha value is -5.02. The van der Waals surface area contributed by atoms with Crippen LogP contribution in [0.15, 0.2) is 96.4 Å². The van der Waals surface area contributed by atoms with Gasteiger partial charge in [0, 0.05) is 22.9 Å². The van der Waals surface area contributed by atoms with Crippen LogP contribution in [0.1, 0.15) is 30.9 Å². The Morgan fingerprint density at radius 2 is 1.77 bits per heavy atom. The zero-order valence-corrected chi connectivity index (χ0v) is 24.9. The van der Waals surface area contributed by atoms with Gasteiger partial charge in [-0.3, -0.25) is 4.79 Å². The predicted octanol–water partition coefficient (Wildman–Crippen LogP) is 6.27. The minimum atomic E-state index is -0.221. The van der Waals surface area contributed by atoms with E-state index < -0.39 is 0 Å². The number of para-hydroxylation sites is 1. The van der Waals surface area contributed by atoms with Crippen molar-refractivity contribution in [1.82, 2.24) is 24.4 Å². The van der Waals surface area contributed by atoms with Gasteiger partial charge in [-0.25, -0.2) is 4.68 Å². The van der Waals surface area contributed by atoms with E-state index in [0.29, 0.717) is 28.5 Å². The number of thiazole rings is 1. The number of nitrogens with zero attached hydrogens (tertiary/aromatic N) is 5. The van der Waals surface area contributed by atoms with E-state index in [1.807, 2.05) is 96.7 Å². The number of ether oxygens (including phenoxy) is 2. The lowest BCUT2D eigenvalue weighted by Crippen LogP contribution is -2.23. The summed E-state index contributed by atoms with van der Waals surface area (Å²) in [7, 11) is 0. The number of aromatic nitrogens is 5. The second-order valence-corrected chi connectivity index (χ2v) is 11.1. The molecule has 8 nitrogen and oxygen atoms in total. The molecule has 0 aliphatic rings. The Morgan fingerprint density at radius 1 is 0.977 bits per heavy atom. The summed E-state index contributed by atoms with van der Waals surface area (Å²) in [5, 5.41) is 9.45. The first-order valence-electron chi connectivity index (χ1n) is 14.2. The number of benzene rings is 3. The fraction of sp³-hybridized carbons (Fsp3) is 0.176. The van der Waals surface area contributed by atoms with Crippen molar-refractivity contribution in [3.05, 3.63) is 118 Å². The van der Waals surface area contributed by atoms with Gasteiger partial charge in [-0.2, -0.15) is 14.6 Å². The highest BCUT2D eigenvalue weighted by molar-refractivity contribution is 7.15. The first kappa shape index (κ1) is 28.1. The third-order valence-electron chi connectivity index (χ3n) is 6.92. The van der Waals surface area contributed by atoms with Crippen molar-refractivity contribution in [2.75, 3.05) is 13.2 Å². The minimum absolute atomic E-state index is 0.221. The second kappa shape index (κ2) is 12.5. The molecule has 3 aromatic heterocycles. The van der Waals surface area contributed by atoms with Gasteiger partial charge >= 0.3 is 0 Å². The summed E-state index contributed by atoms with van der Waals surface area (Å²) in [5.74, 6) is 2.10. The fourth-order valence-electron chi connectivity index (χ4n) is 4.67. The number of hydrogen-bond acceptors (Lipinski definition) is 7. The lowest BCUT2D eigenvalue weighted by Gasteiger charge is -2.08. The third-order valence-corrected chi connectivity index (χ3v) is 7.88. The quantitative estimate of drug-likeness (QED) is 0.131. The SMILES string of the molecule is C=CCOc1ccc(-c2nn(-c3ccccc3)cc2/C=c2\sc3nc(-c4ccc(OCCCC)cc4)nn3c2=O)cc1C. The summed E-state index contributed by atoms with van der Waals surface area (Å²) in [5.41, 5.74) is 4.98. The Balaban J connectivity index is 1.37. The largest absolute Gasteiger partial charge is 0.494 e. The van der Waals surface area contributed by atoms with Crippen molar-refractivity contribution >= 4 is 22.4 Å². The van der Waals surface area contributed by atoms with Gasteiger partial charge in [0.1, 0.15) is 23.8 Å². The van der Waals surface area contributed by atoms with Crippen LogP contribution in [0.2, 0.25) is 0 Å². The molecule has 0 fully saturated rings. The summed E-state index contributed by atoms with van der Waals surface area (Å²) in [6, 6.07) is 23.5. The van der Waals surface area contributed by atoms with E-state index in [2.05, 4.69) is 23.6 Å². The number of fused-ring (bicyclic) bond motifs is 1. The van der Waals surface area contributed by atoms with Crippen molar-refractivity contribution in [3.63, 3.8) is 0 Å². The number of rotatable bonds is 11. The van der Waals surface area contributed by atoms with E-state index in [-0.39, 0.29) is 5.56 Å². The standard InChI is InChI=1S/C34H31N5O3S/c1-4-6-19-41-28-15-12-24(13-16-28)32-35-34-39(37-32)33(40)30(43-34)21-26-22-38(27-10-8-7-9-11-27)36-31(26)25-14-17-29(23(3)20-25)42-18-5-2/h5,7-17,20-22H,2,4,6,18-19H2,1,3H3/b30-21-. The lowest BCUT2D eigenvalue weighted by atomic mass is 10.0. The van der Waals surface area contributed by atoms with Crippen LogP contribution in [-0.4, -0.2) is 37.6 Å². The van der Waals surface area contributed by atoms with Crippen LogP contribution in [0.3, 0.4) is 0 Å². The zero-order chi connectivity index (χ0) is 29.8. The number of aryl methyl sites for hydroxylation is 1. The normalized spacial score (nSPS) is 11.7. The molecule has 9 heteroatoms. The van der Waals surface area contributed by atoms with Crippen LogP contribution in [0.25, 0.3) is 39.4 Å². The zero-order valence-electron chi connectivity index (χ0n) is 24.1. The maximum Gasteiger partial charge on any atom is 0.291 e. The summed E-state index contributed by atoms with van der Waals surface area (Å²) in [6.45, 7) is 8.98. The number of unbranched alkanes of at least 4 members (excludes halogenated alkanes) is 1. The Labute approximate surface area is 253 Å². The topological polar surface area (TPSA) is 83.5 Å². The van der Waals surface area contributed by atoms with Crippen molar-refractivity contribution in [1.29, 1.82) is 0 Å². The average molecular weight is 590 g/mol. The van der Waals surface area contributed by atoms with Crippen molar-refractivity contribution < 1.29 is 9.47 Å². The number of hydrogen-bond donors (Lipinski definition) is 0.